The van der Waals surface area contributed by atoms with E-state index in [4.69, 9.17) is 0 Å². The molecule has 1 amide bonds. The molecular formula is C18H24N4O2. The standard InChI is InChI=1S/C18H24N4O2/c1-22(18(24)17-11-15(23)12-19-17)9-5-8-14-10-16(21-20-14)13-6-3-2-4-7-13/h2-4,6-7,10,15,17,19,23H,5,8-9,11-12H2,1H3,(H,20,21)/t15-,17+/m0/s1. The second-order valence-corrected chi connectivity index (χ2v) is 6.36. The minimum Gasteiger partial charge on any atom is -0.392 e. The maximum atomic E-state index is 12.3. The predicted molar refractivity (Wildman–Crippen MR) is 92.4 cm³/mol. The first kappa shape index (κ1) is 16.7. The van der Waals surface area contributed by atoms with Gasteiger partial charge in [0, 0.05) is 31.4 Å². The van der Waals surface area contributed by atoms with Gasteiger partial charge in [-0.25, -0.2) is 0 Å². The summed E-state index contributed by atoms with van der Waals surface area (Å²) in [4.78, 5) is 14.0. The Bertz CT molecular complexity index is 671. The number of aryl methyl sites for hydroxylation is 1. The van der Waals surface area contributed by atoms with E-state index in [1.165, 1.54) is 0 Å². The molecule has 1 aliphatic heterocycles. The van der Waals surface area contributed by atoms with E-state index in [0.29, 0.717) is 19.5 Å². The van der Waals surface area contributed by atoms with Gasteiger partial charge in [0.1, 0.15) is 0 Å². The number of H-pyrrole nitrogens is 1. The van der Waals surface area contributed by atoms with Crippen molar-refractivity contribution in [2.75, 3.05) is 20.1 Å². The summed E-state index contributed by atoms with van der Waals surface area (Å²) in [6.45, 7) is 1.19. The van der Waals surface area contributed by atoms with E-state index in [2.05, 4.69) is 21.6 Å². The van der Waals surface area contributed by atoms with Gasteiger partial charge in [-0.1, -0.05) is 30.3 Å². The van der Waals surface area contributed by atoms with E-state index < -0.39 is 6.10 Å². The number of β-amino-alcohol motifs (C(OH)–C–C–N with tert-alkyl or cyclic N) is 1. The number of hydrogen-bond donors (Lipinski definition) is 3. The average Bonchev–Trinajstić information content (AvgIpc) is 3.24. The minimum absolute atomic E-state index is 0.0566. The number of aliphatic hydroxyl groups excluding tert-OH is 1. The van der Waals surface area contributed by atoms with Gasteiger partial charge in [0.2, 0.25) is 5.91 Å². The molecule has 128 valence electrons. The van der Waals surface area contributed by atoms with Crippen LogP contribution in [0, 0.1) is 0 Å². The van der Waals surface area contributed by atoms with E-state index in [1.54, 1.807) is 4.90 Å². The summed E-state index contributed by atoms with van der Waals surface area (Å²) >= 11 is 0. The molecule has 3 rings (SSSR count). The number of nitrogens with one attached hydrogen (secondary N) is 2. The Kier molecular flexibility index (Phi) is 5.27. The fraction of sp³-hybridized carbons (Fsp3) is 0.444. The number of aromatic amines is 1. The third-order valence-corrected chi connectivity index (χ3v) is 4.42. The summed E-state index contributed by atoms with van der Waals surface area (Å²) in [5.41, 5.74) is 3.11. The minimum atomic E-state index is -0.409. The summed E-state index contributed by atoms with van der Waals surface area (Å²) in [6, 6.07) is 11.9. The van der Waals surface area contributed by atoms with Gasteiger partial charge in [-0.2, -0.15) is 5.10 Å². The van der Waals surface area contributed by atoms with Crippen LogP contribution < -0.4 is 5.32 Å². The van der Waals surface area contributed by atoms with Crippen LogP contribution in [-0.2, 0) is 11.2 Å². The molecule has 0 unspecified atom stereocenters. The number of aliphatic hydroxyl groups is 1. The summed E-state index contributed by atoms with van der Waals surface area (Å²) in [6.07, 6.45) is 1.81. The number of amides is 1. The fourth-order valence-corrected chi connectivity index (χ4v) is 3.03. The van der Waals surface area contributed by atoms with E-state index in [0.717, 1.165) is 29.8 Å². The van der Waals surface area contributed by atoms with Crippen molar-refractivity contribution >= 4 is 5.91 Å². The molecule has 0 spiro atoms. The van der Waals surface area contributed by atoms with Crippen LogP contribution in [0.3, 0.4) is 0 Å². The fourth-order valence-electron chi connectivity index (χ4n) is 3.03. The Labute approximate surface area is 141 Å². The number of aromatic nitrogens is 2. The molecule has 1 aromatic heterocycles. The van der Waals surface area contributed by atoms with Crippen LogP contribution in [0.5, 0.6) is 0 Å². The van der Waals surface area contributed by atoms with Crippen molar-refractivity contribution in [2.24, 2.45) is 0 Å². The molecule has 24 heavy (non-hydrogen) atoms. The van der Waals surface area contributed by atoms with E-state index in [1.807, 2.05) is 37.4 Å². The van der Waals surface area contributed by atoms with Gasteiger partial charge in [-0.3, -0.25) is 9.89 Å². The Morgan fingerprint density at radius 2 is 2.17 bits per heavy atom. The number of rotatable bonds is 6. The van der Waals surface area contributed by atoms with Gasteiger partial charge >= 0.3 is 0 Å². The van der Waals surface area contributed by atoms with Gasteiger partial charge in [-0.05, 0) is 25.3 Å². The van der Waals surface area contributed by atoms with Crippen molar-refractivity contribution < 1.29 is 9.90 Å². The molecule has 1 fully saturated rings. The lowest BCUT2D eigenvalue weighted by Crippen LogP contribution is -2.42. The van der Waals surface area contributed by atoms with E-state index >= 15 is 0 Å². The normalized spacial score (nSPS) is 20.2. The number of carbonyl (C=O) groups is 1. The number of likely N-dealkylation sites (N-methyl/N-ethyl adjacent to an activating group) is 1. The van der Waals surface area contributed by atoms with Crippen molar-refractivity contribution in [3.8, 4) is 11.3 Å². The molecule has 2 atom stereocenters. The third-order valence-electron chi connectivity index (χ3n) is 4.42. The zero-order valence-corrected chi connectivity index (χ0v) is 13.9. The molecule has 3 N–H and O–H groups in total. The lowest BCUT2D eigenvalue weighted by molar-refractivity contribution is -0.131. The Hall–Kier alpha value is -2.18. The SMILES string of the molecule is CN(CCCc1cc(-c2ccccc2)n[nH]1)C(=O)[C@H]1C[C@H](O)CN1. The first-order valence-electron chi connectivity index (χ1n) is 8.39. The van der Waals surface area contributed by atoms with E-state index in [-0.39, 0.29) is 11.9 Å². The number of benzene rings is 1. The molecule has 1 aromatic carbocycles. The number of hydrogen-bond acceptors (Lipinski definition) is 4. The van der Waals surface area contributed by atoms with Crippen LogP contribution in [0.2, 0.25) is 0 Å². The summed E-state index contributed by atoms with van der Waals surface area (Å²) in [5, 5.41) is 20.0. The zero-order valence-electron chi connectivity index (χ0n) is 13.9. The van der Waals surface area contributed by atoms with Gasteiger partial charge in [0.25, 0.3) is 0 Å². The smallest absolute Gasteiger partial charge is 0.239 e. The highest BCUT2D eigenvalue weighted by molar-refractivity contribution is 5.82. The van der Waals surface area contributed by atoms with Crippen LogP contribution in [0.15, 0.2) is 36.4 Å². The van der Waals surface area contributed by atoms with Gasteiger partial charge in [0.15, 0.2) is 0 Å². The van der Waals surface area contributed by atoms with Crippen molar-refractivity contribution in [2.45, 2.75) is 31.4 Å². The van der Waals surface area contributed by atoms with Crippen LogP contribution in [-0.4, -0.2) is 58.4 Å². The monoisotopic (exact) mass is 328 g/mol. The molecule has 1 aliphatic rings. The Morgan fingerprint density at radius 3 is 2.88 bits per heavy atom. The van der Waals surface area contributed by atoms with Crippen molar-refractivity contribution in [3.63, 3.8) is 0 Å². The van der Waals surface area contributed by atoms with Gasteiger partial charge in [0.05, 0.1) is 17.8 Å². The molecular weight excluding hydrogens is 304 g/mol. The van der Waals surface area contributed by atoms with Crippen molar-refractivity contribution in [1.82, 2.24) is 20.4 Å². The number of nitrogens with zero attached hydrogens (tertiary/aromatic N) is 2. The topological polar surface area (TPSA) is 81.2 Å². The zero-order chi connectivity index (χ0) is 16.9. The van der Waals surface area contributed by atoms with E-state index in [9.17, 15) is 9.90 Å². The van der Waals surface area contributed by atoms with Gasteiger partial charge < -0.3 is 15.3 Å². The second kappa shape index (κ2) is 7.59. The summed E-state index contributed by atoms with van der Waals surface area (Å²) in [5.74, 6) is 0.0566. The first-order chi connectivity index (χ1) is 11.6. The number of carbonyl (C=O) groups excluding carboxylic acids is 1. The van der Waals surface area contributed by atoms with Crippen LogP contribution in [0.25, 0.3) is 11.3 Å². The van der Waals surface area contributed by atoms with Gasteiger partial charge in [-0.15, -0.1) is 0 Å². The lowest BCUT2D eigenvalue weighted by atomic mass is 10.1. The third kappa shape index (κ3) is 4.01. The second-order valence-electron chi connectivity index (χ2n) is 6.36. The molecule has 6 nitrogen and oxygen atoms in total. The molecule has 2 aromatic rings. The van der Waals surface area contributed by atoms with Crippen LogP contribution >= 0.6 is 0 Å². The highest BCUT2D eigenvalue weighted by Gasteiger charge is 2.29. The van der Waals surface area contributed by atoms with Crippen molar-refractivity contribution in [1.29, 1.82) is 0 Å². The molecule has 1 saturated heterocycles. The summed E-state index contributed by atoms with van der Waals surface area (Å²) in [7, 11) is 1.82. The molecule has 6 heteroatoms. The lowest BCUT2D eigenvalue weighted by Gasteiger charge is -2.20. The first-order valence-corrected chi connectivity index (χ1v) is 8.39. The molecule has 0 aliphatic carbocycles. The molecule has 2 heterocycles. The average molecular weight is 328 g/mol. The largest absolute Gasteiger partial charge is 0.392 e. The molecule has 0 radical (unpaired) electrons. The Balaban J connectivity index is 1.46. The summed E-state index contributed by atoms with van der Waals surface area (Å²) < 4.78 is 0. The quantitative estimate of drug-likeness (QED) is 0.744. The molecule has 0 saturated carbocycles. The maximum Gasteiger partial charge on any atom is 0.239 e. The molecule has 0 bridgehead atoms. The van der Waals surface area contributed by atoms with Crippen molar-refractivity contribution in [3.05, 3.63) is 42.1 Å². The highest BCUT2D eigenvalue weighted by Crippen LogP contribution is 2.17. The maximum absolute atomic E-state index is 12.3. The Morgan fingerprint density at radius 1 is 1.38 bits per heavy atom. The predicted octanol–water partition coefficient (Wildman–Crippen LogP) is 1.19. The highest BCUT2D eigenvalue weighted by atomic mass is 16.3. The van der Waals surface area contributed by atoms with Crippen LogP contribution in [0.1, 0.15) is 18.5 Å². The van der Waals surface area contributed by atoms with Crippen LogP contribution in [0.4, 0.5) is 0 Å².